The maximum absolute atomic E-state index is 6.08. The van der Waals surface area contributed by atoms with E-state index in [2.05, 4.69) is 28.5 Å². The number of aryl methyl sites for hydroxylation is 2. The maximum atomic E-state index is 6.08. The third kappa shape index (κ3) is 1.90. The number of nitrogens with zero attached hydrogens (tertiary/aromatic N) is 4. The number of hydrogen-bond acceptors (Lipinski definition) is 4. The Labute approximate surface area is 112 Å². The molecule has 1 aliphatic heterocycles. The summed E-state index contributed by atoms with van der Waals surface area (Å²) in [5.74, 6) is 1.08. The molecule has 0 aromatic carbocycles. The fourth-order valence-electron chi connectivity index (χ4n) is 2.89. The number of nitrogen functional groups attached to an aromatic ring is 1. The molecule has 1 aliphatic rings. The molecule has 19 heavy (non-hydrogen) atoms. The Morgan fingerprint density at radius 1 is 1.47 bits per heavy atom. The van der Waals surface area contributed by atoms with E-state index in [0.717, 1.165) is 43.0 Å². The summed E-state index contributed by atoms with van der Waals surface area (Å²) in [4.78, 5) is 4.46. The average molecular weight is 263 g/mol. The average Bonchev–Trinajstić information content (AvgIpc) is 3.01. The van der Waals surface area contributed by atoms with Crippen LogP contribution in [0.4, 0.5) is 5.95 Å². The molecule has 6 nitrogen and oxygen atoms in total. The molecule has 2 N–H and O–H groups in total. The lowest BCUT2D eigenvalue weighted by molar-refractivity contribution is 0.102. The van der Waals surface area contributed by atoms with E-state index in [4.69, 9.17) is 10.5 Å². The summed E-state index contributed by atoms with van der Waals surface area (Å²) in [6.07, 6.45) is 1.37. The minimum atomic E-state index is 0.288. The zero-order chi connectivity index (χ0) is 13.6. The number of hydrogen-bond donors (Lipinski definition) is 1. The fraction of sp³-hybridized carbons (Fsp3) is 0.692. The summed E-state index contributed by atoms with van der Waals surface area (Å²) >= 11 is 0. The van der Waals surface area contributed by atoms with Crippen LogP contribution in [0, 0.1) is 12.8 Å². The van der Waals surface area contributed by atoms with Crippen LogP contribution >= 0.6 is 0 Å². The lowest BCUT2D eigenvalue weighted by Gasteiger charge is -2.16. The highest BCUT2D eigenvalue weighted by molar-refractivity contribution is 5.77. The summed E-state index contributed by atoms with van der Waals surface area (Å²) in [6.45, 7) is 8.72. The van der Waals surface area contributed by atoms with Crippen molar-refractivity contribution in [1.82, 2.24) is 19.3 Å². The van der Waals surface area contributed by atoms with Gasteiger partial charge in [0, 0.05) is 25.6 Å². The van der Waals surface area contributed by atoms with Crippen molar-refractivity contribution in [3.05, 3.63) is 5.69 Å². The Morgan fingerprint density at radius 3 is 2.89 bits per heavy atom. The van der Waals surface area contributed by atoms with Crippen molar-refractivity contribution in [3.8, 4) is 0 Å². The lowest BCUT2D eigenvalue weighted by atomic mass is 10.0. The number of nitrogens with two attached hydrogens (primary N) is 1. The van der Waals surface area contributed by atoms with Gasteiger partial charge in [-0.3, -0.25) is 4.57 Å². The minimum Gasteiger partial charge on any atom is -0.378 e. The lowest BCUT2D eigenvalue weighted by Crippen LogP contribution is -2.20. The number of aromatic nitrogens is 4. The molecule has 0 radical (unpaired) electrons. The Morgan fingerprint density at radius 2 is 2.26 bits per heavy atom. The fourth-order valence-corrected chi connectivity index (χ4v) is 2.89. The van der Waals surface area contributed by atoms with Gasteiger partial charge < -0.3 is 10.5 Å². The Bertz CT molecular complexity index is 600. The van der Waals surface area contributed by atoms with Crippen LogP contribution < -0.4 is 5.73 Å². The van der Waals surface area contributed by atoms with Crippen LogP contribution in [0.15, 0.2) is 0 Å². The standard InChI is InChI=1S/C13H21N5O/c1-4-18-12-11(8(2)16-18)15-13(14)17(12)7-10-5-6-19-9(10)3/h9-10H,4-7H2,1-3H3,(H2,14,15). The smallest absolute Gasteiger partial charge is 0.202 e. The van der Waals surface area contributed by atoms with Gasteiger partial charge in [-0.25, -0.2) is 9.67 Å². The Hall–Kier alpha value is -1.56. The summed E-state index contributed by atoms with van der Waals surface area (Å²) in [5.41, 5.74) is 8.99. The molecule has 2 atom stereocenters. The van der Waals surface area contributed by atoms with Gasteiger partial charge in [0.05, 0.1) is 11.8 Å². The highest BCUT2D eigenvalue weighted by Crippen LogP contribution is 2.27. The summed E-state index contributed by atoms with van der Waals surface area (Å²) in [5, 5.41) is 4.51. The summed E-state index contributed by atoms with van der Waals surface area (Å²) < 4.78 is 9.70. The van der Waals surface area contributed by atoms with Gasteiger partial charge in [-0.1, -0.05) is 0 Å². The number of ether oxygens (including phenoxy) is 1. The van der Waals surface area contributed by atoms with Crippen molar-refractivity contribution in [2.75, 3.05) is 12.3 Å². The first-order chi connectivity index (χ1) is 9.11. The van der Waals surface area contributed by atoms with E-state index in [-0.39, 0.29) is 6.10 Å². The highest BCUT2D eigenvalue weighted by atomic mass is 16.5. The third-order valence-corrected chi connectivity index (χ3v) is 4.08. The number of imidazole rings is 1. The normalized spacial score (nSPS) is 23.5. The van der Waals surface area contributed by atoms with Crippen molar-refractivity contribution >= 4 is 17.1 Å². The van der Waals surface area contributed by atoms with Crippen molar-refractivity contribution in [3.63, 3.8) is 0 Å². The van der Waals surface area contributed by atoms with Crippen molar-refractivity contribution in [1.29, 1.82) is 0 Å². The van der Waals surface area contributed by atoms with Gasteiger partial charge in [0.15, 0.2) is 5.65 Å². The van der Waals surface area contributed by atoms with E-state index in [1.54, 1.807) is 0 Å². The van der Waals surface area contributed by atoms with Gasteiger partial charge in [0.25, 0.3) is 0 Å². The molecule has 1 fully saturated rings. The first-order valence-corrected chi connectivity index (χ1v) is 6.92. The topological polar surface area (TPSA) is 70.9 Å². The molecule has 6 heteroatoms. The quantitative estimate of drug-likeness (QED) is 0.912. The molecule has 0 aliphatic carbocycles. The van der Waals surface area contributed by atoms with Crippen LogP contribution in [0.3, 0.4) is 0 Å². The van der Waals surface area contributed by atoms with E-state index >= 15 is 0 Å². The Kier molecular flexibility index (Phi) is 2.97. The van der Waals surface area contributed by atoms with E-state index in [9.17, 15) is 0 Å². The molecule has 2 unspecified atom stereocenters. The molecule has 3 heterocycles. The first kappa shape index (κ1) is 12.5. The molecule has 3 rings (SSSR count). The van der Waals surface area contributed by atoms with E-state index in [0.29, 0.717) is 11.9 Å². The predicted octanol–water partition coefficient (Wildman–Crippen LogP) is 1.57. The number of anilines is 1. The molecule has 2 aromatic rings. The monoisotopic (exact) mass is 263 g/mol. The summed E-state index contributed by atoms with van der Waals surface area (Å²) in [7, 11) is 0. The molecular formula is C13H21N5O. The molecule has 104 valence electrons. The van der Waals surface area contributed by atoms with Gasteiger partial charge in [0.1, 0.15) is 5.52 Å². The Balaban J connectivity index is 2.04. The van der Waals surface area contributed by atoms with Crippen molar-refractivity contribution in [2.45, 2.75) is 46.4 Å². The highest BCUT2D eigenvalue weighted by Gasteiger charge is 2.27. The molecule has 2 aromatic heterocycles. The first-order valence-electron chi connectivity index (χ1n) is 6.92. The van der Waals surface area contributed by atoms with Gasteiger partial charge >= 0.3 is 0 Å². The van der Waals surface area contributed by atoms with Gasteiger partial charge in [0.2, 0.25) is 5.95 Å². The number of fused-ring (bicyclic) bond motifs is 1. The van der Waals surface area contributed by atoms with Gasteiger partial charge in [-0.05, 0) is 27.2 Å². The van der Waals surface area contributed by atoms with Crippen molar-refractivity contribution < 1.29 is 4.74 Å². The number of rotatable bonds is 3. The van der Waals surface area contributed by atoms with Gasteiger partial charge in [-0.15, -0.1) is 0 Å². The summed E-state index contributed by atoms with van der Waals surface area (Å²) in [6, 6.07) is 0. The third-order valence-electron chi connectivity index (χ3n) is 4.08. The van der Waals surface area contributed by atoms with Crippen LogP contribution in [0.2, 0.25) is 0 Å². The van der Waals surface area contributed by atoms with Crippen LogP contribution in [0.25, 0.3) is 11.2 Å². The molecule has 0 saturated carbocycles. The van der Waals surface area contributed by atoms with E-state index in [1.165, 1.54) is 0 Å². The second kappa shape index (κ2) is 4.52. The van der Waals surface area contributed by atoms with Crippen LogP contribution in [0.1, 0.15) is 26.0 Å². The molecular weight excluding hydrogens is 242 g/mol. The second-order valence-electron chi connectivity index (χ2n) is 5.28. The molecule has 0 amide bonds. The minimum absolute atomic E-state index is 0.288. The maximum Gasteiger partial charge on any atom is 0.202 e. The van der Waals surface area contributed by atoms with Crippen LogP contribution in [-0.2, 0) is 17.8 Å². The largest absolute Gasteiger partial charge is 0.378 e. The van der Waals surface area contributed by atoms with Crippen LogP contribution in [-0.4, -0.2) is 32.0 Å². The molecule has 0 spiro atoms. The van der Waals surface area contributed by atoms with E-state index < -0.39 is 0 Å². The second-order valence-corrected chi connectivity index (χ2v) is 5.28. The zero-order valence-electron chi connectivity index (χ0n) is 11.8. The predicted molar refractivity (Wildman–Crippen MR) is 73.9 cm³/mol. The van der Waals surface area contributed by atoms with Crippen molar-refractivity contribution in [2.24, 2.45) is 5.92 Å². The molecule has 0 bridgehead atoms. The van der Waals surface area contributed by atoms with Gasteiger partial charge in [-0.2, -0.15) is 5.10 Å². The van der Waals surface area contributed by atoms with Crippen LogP contribution in [0.5, 0.6) is 0 Å². The molecule has 1 saturated heterocycles. The SMILES string of the molecule is CCn1nc(C)c2nc(N)n(CC3CCOC3C)c21. The zero-order valence-corrected chi connectivity index (χ0v) is 11.8. The van der Waals surface area contributed by atoms with E-state index in [1.807, 2.05) is 11.6 Å².